The number of nitrogens with zero attached hydrogens (tertiary/aromatic N) is 3. The monoisotopic (exact) mass is 519 g/mol. The van der Waals surface area contributed by atoms with E-state index >= 15 is 0 Å². The van der Waals surface area contributed by atoms with Crippen molar-refractivity contribution in [3.8, 4) is 0 Å². The van der Waals surface area contributed by atoms with Gasteiger partial charge in [-0.2, -0.15) is 0 Å². The molecule has 202 valence electrons. The highest BCUT2D eigenvalue weighted by Gasteiger charge is 2.73. The summed E-state index contributed by atoms with van der Waals surface area (Å²) in [5.41, 5.74) is 0. The first-order valence-corrected chi connectivity index (χ1v) is 14.7. The molecule has 7 nitrogen and oxygen atoms in total. The minimum absolute atomic E-state index is 0.000821. The zero-order valence-corrected chi connectivity index (χ0v) is 23.0. The molecule has 2 bridgehead atoms. The van der Waals surface area contributed by atoms with Crippen molar-refractivity contribution in [3.63, 3.8) is 0 Å². The maximum absolute atomic E-state index is 14.1. The lowest BCUT2D eigenvalue weighted by Gasteiger charge is -2.37. The summed E-state index contributed by atoms with van der Waals surface area (Å²) in [4.78, 5) is 47.5. The number of amides is 3. The summed E-state index contributed by atoms with van der Waals surface area (Å²) in [5, 5.41) is 9.29. The molecule has 0 aliphatic carbocycles. The Morgan fingerprint density at radius 2 is 1.75 bits per heavy atom. The maximum atomic E-state index is 14.1. The van der Waals surface area contributed by atoms with Crippen LogP contribution in [0.3, 0.4) is 0 Å². The van der Waals surface area contributed by atoms with E-state index in [1.54, 1.807) is 28.8 Å². The number of aliphatic hydroxyl groups excluding tert-OH is 1. The number of unbranched alkanes of at least 4 members (excludes halogenated alkanes) is 3. The fourth-order valence-corrected chi connectivity index (χ4v) is 8.63. The topological polar surface area (TPSA) is 81.2 Å². The summed E-state index contributed by atoms with van der Waals surface area (Å²) in [6.07, 6.45) is 10.1. The molecule has 5 atom stereocenters. The molecule has 3 aliphatic rings. The van der Waals surface area contributed by atoms with E-state index in [0.29, 0.717) is 39.1 Å². The summed E-state index contributed by atoms with van der Waals surface area (Å²) >= 11 is 1.74. The Labute approximate surface area is 221 Å². The highest BCUT2D eigenvalue weighted by atomic mass is 32.2. The van der Waals surface area contributed by atoms with Gasteiger partial charge in [-0.05, 0) is 44.9 Å². The number of carbonyl (C=O) groups is 3. The Kier molecular flexibility index (Phi) is 10.5. The van der Waals surface area contributed by atoms with Crippen LogP contribution < -0.4 is 0 Å². The highest BCUT2D eigenvalue weighted by molar-refractivity contribution is 8.02. The van der Waals surface area contributed by atoms with Crippen LogP contribution in [-0.4, -0.2) is 92.9 Å². The van der Waals surface area contributed by atoms with E-state index in [0.717, 1.165) is 44.9 Å². The van der Waals surface area contributed by atoms with Crippen molar-refractivity contribution in [2.45, 2.75) is 81.3 Å². The van der Waals surface area contributed by atoms with Crippen molar-refractivity contribution in [2.24, 2.45) is 11.8 Å². The fourth-order valence-electron chi connectivity index (χ4n) is 6.42. The largest absolute Gasteiger partial charge is 0.396 e. The van der Waals surface area contributed by atoms with Crippen LogP contribution in [0.1, 0.15) is 65.2 Å². The first kappa shape index (κ1) is 28.8. The average molecular weight is 520 g/mol. The van der Waals surface area contributed by atoms with Crippen molar-refractivity contribution in [1.29, 1.82) is 0 Å². The number of hydrogen-bond acceptors (Lipinski definition) is 5. The van der Waals surface area contributed by atoms with Crippen molar-refractivity contribution >= 4 is 29.5 Å². The number of likely N-dealkylation sites (tertiary alicyclic amines) is 1. The van der Waals surface area contributed by atoms with E-state index in [2.05, 4.69) is 27.0 Å². The Morgan fingerprint density at radius 1 is 1.06 bits per heavy atom. The standard InChI is InChI=1S/C28H45N3O4S/c1-5-9-18-30(17-8-4)27(35)24-28-14-13-21(36-28)22(25(33)29(15-6-2)16-7-3)23(28)26(34)31(24)19-11-10-12-20-32/h6,8,21-24,32H,2,4-5,7,9-20H2,1,3H3/t21-,22+,23-,24?,28?/m0/s1. The predicted molar refractivity (Wildman–Crippen MR) is 146 cm³/mol. The van der Waals surface area contributed by atoms with Gasteiger partial charge in [0.15, 0.2) is 0 Å². The van der Waals surface area contributed by atoms with Crippen LogP contribution in [0.2, 0.25) is 0 Å². The van der Waals surface area contributed by atoms with Crippen molar-refractivity contribution in [3.05, 3.63) is 25.3 Å². The number of aliphatic hydroxyl groups is 1. The second-order valence-electron chi connectivity index (χ2n) is 10.4. The van der Waals surface area contributed by atoms with Gasteiger partial charge in [-0.25, -0.2) is 0 Å². The second kappa shape index (κ2) is 13.1. The summed E-state index contributed by atoms with van der Waals surface area (Å²) in [6.45, 7) is 14.7. The molecular formula is C28H45N3O4S. The molecule has 1 N–H and O–H groups in total. The molecule has 0 saturated carbocycles. The van der Waals surface area contributed by atoms with Crippen molar-refractivity contribution < 1.29 is 19.5 Å². The van der Waals surface area contributed by atoms with Gasteiger partial charge in [0.1, 0.15) is 6.04 Å². The predicted octanol–water partition coefficient (Wildman–Crippen LogP) is 3.48. The molecule has 3 saturated heterocycles. The molecule has 0 aromatic carbocycles. The van der Waals surface area contributed by atoms with Gasteiger partial charge in [0.2, 0.25) is 17.7 Å². The van der Waals surface area contributed by atoms with E-state index in [1.807, 2.05) is 9.80 Å². The number of hydrogen-bond donors (Lipinski definition) is 1. The Bertz CT molecular complexity index is 821. The van der Waals surface area contributed by atoms with Gasteiger partial charge in [0, 0.05) is 44.6 Å². The van der Waals surface area contributed by atoms with Crippen molar-refractivity contribution in [2.75, 3.05) is 39.3 Å². The van der Waals surface area contributed by atoms with Gasteiger partial charge < -0.3 is 19.8 Å². The SMILES string of the molecule is C=CCN(CCCC)C(=O)C1N(CCCCCO)C(=O)[C@@H]2[C@H](C(=O)N(CC=C)CCC)[C@@H]3CCC12S3. The normalized spacial score (nSPS) is 28.3. The molecule has 3 fully saturated rings. The average Bonchev–Trinajstić information content (AvgIpc) is 3.51. The molecule has 3 aliphatic heterocycles. The smallest absolute Gasteiger partial charge is 0.247 e. The minimum Gasteiger partial charge on any atom is -0.396 e. The molecule has 3 heterocycles. The molecule has 36 heavy (non-hydrogen) atoms. The molecule has 3 rings (SSSR count). The van der Waals surface area contributed by atoms with Crippen LogP contribution in [-0.2, 0) is 14.4 Å². The molecule has 2 unspecified atom stereocenters. The maximum Gasteiger partial charge on any atom is 0.247 e. The van der Waals surface area contributed by atoms with Gasteiger partial charge in [-0.1, -0.05) is 32.4 Å². The zero-order chi connectivity index (χ0) is 26.3. The molecular weight excluding hydrogens is 474 g/mol. The first-order chi connectivity index (χ1) is 17.4. The van der Waals surface area contributed by atoms with E-state index in [9.17, 15) is 19.5 Å². The van der Waals surface area contributed by atoms with Crippen molar-refractivity contribution in [1.82, 2.24) is 14.7 Å². The van der Waals surface area contributed by atoms with Crippen LogP contribution in [0, 0.1) is 11.8 Å². The van der Waals surface area contributed by atoms with Gasteiger partial charge in [-0.15, -0.1) is 24.9 Å². The van der Waals surface area contributed by atoms with E-state index in [-0.39, 0.29) is 35.5 Å². The lowest BCUT2D eigenvalue weighted by Crippen LogP contribution is -2.55. The van der Waals surface area contributed by atoms with Crippen LogP contribution in [0.25, 0.3) is 0 Å². The van der Waals surface area contributed by atoms with Crippen LogP contribution >= 0.6 is 11.8 Å². The number of fused-ring (bicyclic) bond motifs is 1. The lowest BCUT2D eigenvalue weighted by atomic mass is 9.70. The molecule has 0 radical (unpaired) electrons. The third-order valence-corrected chi connectivity index (χ3v) is 9.93. The van der Waals surface area contributed by atoms with Gasteiger partial charge in [0.05, 0.1) is 16.6 Å². The van der Waals surface area contributed by atoms with E-state index in [1.165, 1.54) is 0 Å². The Hall–Kier alpha value is -1.80. The fraction of sp³-hybridized carbons (Fsp3) is 0.750. The van der Waals surface area contributed by atoms with Crippen LogP contribution in [0.15, 0.2) is 25.3 Å². The Balaban J connectivity index is 1.97. The molecule has 1 spiro atoms. The lowest BCUT2D eigenvalue weighted by molar-refractivity contribution is -0.144. The summed E-state index contributed by atoms with van der Waals surface area (Å²) < 4.78 is -0.548. The van der Waals surface area contributed by atoms with E-state index in [4.69, 9.17) is 0 Å². The third kappa shape index (κ3) is 5.40. The van der Waals surface area contributed by atoms with Gasteiger partial charge in [-0.3, -0.25) is 14.4 Å². The summed E-state index contributed by atoms with van der Waals surface area (Å²) in [7, 11) is 0. The van der Waals surface area contributed by atoms with Gasteiger partial charge >= 0.3 is 0 Å². The zero-order valence-electron chi connectivity index (χ0n) is 22.2. The second-order valence-corrected chi connectivity index (χ2v) is 12.0. The molecule has 8 heteroatoms. The summed E-state index contributed by atoms with van der Waals surface area (Å²) in [6, 6.07) is -0.548. The summed E-state index contributed by atoms with van der Waals surface area (Å²) in [5.74, 6) is -0.837. The molecule has 0 aromatic rings. The molecule has 3 amide bonds. The highest BCUT2D eigenvalue weighted by Crippen LogP contribution is 2.66. The number of thioether (sulfide) groups is 1. The van der Waals surface area contributed by atoms with Crippen LogP contribution in [0.4, 0.5) is 0 Å². The third-order valence-electron chi connectivity index (χ3n) is 7.97. The molecule has 0 aromatic heterocycles. The van der Waals surface area contributed by atoms with Gasteiger partial charge in [0.25, 0.3) is 0 Å². The number of carbonyl (C=O) groups excluding carboxylic acids is 3. The van der Waals surface area contributed by atoms with Crippen LogP contribution in [0.5, 0.6) is 0 Å². The first-order valence-electron chi connectivity index (χ1n) is 13.8. The Morgan fingerprint density at radius 3 is 2.36 bits per heavy atom. The minimum atomic E-state index is -0.548. The van der Waals surface area contributed by atoms with E-state index < -0.39 is 16.7 Å². The quantitative estimate of drug-likeness (QED) is 0.249. The number of rotatable bonds is 16.